The fraction of sp³-hybridized carbons (Fsp3) is 0.571. The van der Waals surface area contributed by atoms with E-state index in [1.165, 1.54) is 4.31 Å². The molecule has 1 aromatic rings. The highest BCUT2D eigenvalue weighted by molar-refractivity contribution is 9.10. The average Bonchev–Trinajstić information content (AvgIpc) is 2.39. The summed E-state index contributed by atoms with van der Waals surface area (Å²) in [6.07, 6.45) is 0. The van der Waals surface area contributed by atoms with Crippen molar-refractivity contribution in [3.63, 3.8) is 0 Å². The van der Waals surface area contributed by atoms with E-state index in [0.29, 0.717) is 29.0 Å². The van der Waals surface area contributed by atoms with E-state index in [4.69, 9.17) is 0 Å². The number of halogens is 1. The zero-order valence-electron chi connectivity index (χ0n) is 13.3. The molecule has 0 unspecified atom stereocenters. The molecule has 5 nitrogen and oxygen atoms in total. The van der Waals surface area contributed by atoms with Crippen molar-refractivity contribution in [2.75, 3.05) is 41.3 Å². The maximum absolute atomic E-state index is 12.7. The van der Waals surface area contributed by atoms with Gasteiger partial charge in [0.2, 0.25) is 10.0 Å². The minimum Gasteiger partial charge on any atom is -0.316 e. The van der Waals surface area contributed by atoms with Gasteiger partial charge in [0.1, 0.15) is 0 Å². The largest absolute Gasteiger partial charge is 0.316 e. The zero-order chi connectivity index (χ0) is 16.2. The van der Waals surface area contributed by atoms with Crippen LogP contribution in [0, 0.1) is 6.92 Å². The van der Waals surface area contributed by atoms with Crippen LogP contribution >= 0.6 is 15.9 Å². The molecule has 0 saturated heterocycles. The van der Waals surface area contributed by atoms with Crippen LogP contribution in [0.15, 0.2) is 21.5 Å². The van der Waals surface area contributed by atoms with Crippen molar-refractivity contribution >= 4 is 26.0 Å². The number of sulfonamides is 1. The van der Waals surface area contributed by atoms with Gasteiger partial charge in [0.05, 0.1) is 4.90 Å². The Morgan fingerprint density at radius 1 is 1.19 bits per heavy atom. The number of nitrogens with zero attached hydrogens (tertiary/aromatic N) is 2. The number of hydrogen-bond acceptors (Lipinski definition) is 4. The van der Waals surface area contributed by atoms with Gasteiger partial charge in [-0.2, -0.15) is 4.31 Å². The van der Waals surface area contributed by atoms with Gasteiger partial charge in [0.25, 0.3) is 0 Å². The van der Waals surface area contributed by atoms with Gasteiger partial charge in [-0.05, 0) is 61.2 Å². The summed E-state index contributed by atoms with van der Waals surface area (Å²) < 4.78 is 27.5. The standard InChI is InChI=1S/C14H24BrN3O2S/c1-11-8-12(10-16-2)9-13(14(11)15)21(19,20)18(5)7-6-17(3)4/h8-9,16H,6-7,10H2,1-5H3. The van der Waals surface area contributed by atoms with Gasteiger partial charge < -0.3 is 10.2 Å². The van der Waals surface area contributed by atoms with Gasteiger partial charge in [-0.15, -0.1) is 0 Å². The van der Waals surface area contributed by atoms with E-state index >= 15 is 0 Å². The quantitative estimate of drug-likeness (QED) is 0.784. The Kier molecular flexibility index (Phi) is 6.80. The topological polar surface area (TPSA) is 52.7 Å². The van der Waals surface area contributed by atoms with Crippen LogP contribution in [0.3, 0.4) is 0 Å². The van der Waals surface area contributed by atoms with Crippen LogP contribution < -0.4 is 5.32 Å². The average molecular weight is 378 g/mol. The summed E-state index contributed by atoms with van der Waals surface area (Å²) >= 11 is 3.41. The lowest BCUT2D eigenvalue weighted by atomic mass is 10.1. The van der Waals surface area contributed by atoms with Crippen LogP contribution in [0.2, 0.25) is 0 Å². The molecule has 7 heteroatoms. The minimum absolute atomic E-state index is 0.328. The highest BCUT2D eigenvalue weighted by Gasteiger charge is 2.24. The van der Waals surface area contributed by atoms with Crippen LogP contribution in [-0.4, -0.2) is 58.9 Å². The summed E-state index contributed by atoms with van der Waals surface area (Å²) in [5.74, 6) is 0. The highest BCUT2D eigenvalue weighted by atomic mass is 79.9. The van der Waals surface area contributed by atoms with Gasteiger partial charge in [-0.25, -0.2) is 8.42 Å². The third-order valence-electron chi connectivity index (χ3n) is 3.21. The zero-order valence-corrected chi connectivity index (χ0v) is 15.7. The van der Waals surface area contributed by atoms with E-state index in [9.17, 15) is 8.42 Å². The van der Waals surface area contributed by atoms with Crippen molar-refractivity contribution in [1.82, 2.24) is 14.5 Å². The summed E-state index contributed by atoms with van der Waals surface area (Å²) in [6, 6.07) is 3.72. The van der Waals surface area contributed by atoms with Crippen molar-refractivity contribution in [1.29, 1.82) is 0 Å². The molecule has 0 atom stereocenters. The first-order valence-corrected chi connectivity index (χ1v) is 8.98. The van der Waals surface area contributed by atoms with Crippen molar-refractivity contribution < 1.29 is 8.42 Å². The highest BCUT2D eigenvalue weighted by Crippen LogP contribution is 2.29. The van der Waals surface area contributed by atoms with Crippen LogP contribution in [-0.2, 0) is 16.6 Å². The fourth-order valence-electron chi connectivity index (χ4n) is 1.93. The molecule has 21 heavy (non-hydrogen) atoms. The third kappa shape index (κ3) is 4.75. The number of benzene rings is 1. The molecular formula is C14H24BrN3O2S. The molecular weight excluding hydrogens is 354 g/mol. The maximum atomic E-state index is 12.7. The first-order chi connectivity index (χ1) is 9.70. The SMILES string of the molecule is CNCc1cc(C)c(Br)c(S(=O)(=O)N(C)CCN(C)C)c1. The molecule has 1 rings (SSSR count). The monoisotopic (exact) mass is 377 g/mol. The lowest BCUT2D eigenvalue weighted by Gasteiger charge is -2.21. The van der Waals surface area contributed by atoms with Crippen molar-refractivity contribution in [2.45, 2.75) is 18.4 Å². The van der Waals surface area contributed by atoms with Gasteiger partial charge in [0, 0.05) is 31.2 Å². The van der Waals surface area contributed by atoms with E-state index in [2.05, 4.69) is 21.2 Å². The van der Waals surface area contributed by atoms with Gasteiger partial charge in [0.15, 0.2) is 0 Å². The molecule has 0 aromatic heterocycles. The van der Waals surface area contributed by atoms with Gasteiger partial charge in [-0.1, -0.05) is 6.07 Å². The number of nitrogens with one attached hydrogen (secondary N) is 1. The second-order valence-corrected chi connectivity index (χ2v) is 8.19. The molecule has 0 bridgehead atoms. The van der Waals surface area contributed by atoms with Crippen LogP contribution in [0.5, 0.6) is 0 Å². The van der Waals surface area contributed by atoms with Crippen molar-refractivity contribution in [3.05, 3.63) is 27.7 Å². The molecule has 0 aliphatic rings. The Labute approximate surface area is 136 Å². The van der Waals surface area contributed by atoms with E-state index in [-0.39, 0.29) is 0 Å². The molecule has 120 valence electrons. The van der Waals surface area contributed by atoms with Crippen molar-refractivity contribution in [2.24, 2.45) is 0 Å². The normalized spacial score (nSPS) is 12.4. The smallest absolute Gasteiger partial charge is 0.244 e. The Bertz CT molecular complexity index is 588. The lowest BCUT2D eigenvalue weighted by molar-refractivity contribution is 0.358. The third-order valence-corrected chi connectivity index (χ3v) is 6.41. The number of likely N-dealkylation sites (N-methyl/N-ethyl adjacent to an activating group) is 2. The lowest BCUT2D eigenvalue weighted by Crippen LogP contribution is -2.33. The molecule has 0 radical (unpaired) electrons. The van der Waals surface area contributed by atoms with E-state index in [1.807, 2.05) is 39.0 Å². The molecule has 0 amide bonds. The van der Waals surface area contributed by atoms with E-state index in [1.54, 1.807) is 13.1 Å². The van der Waals surface area contributed by atoms with E-state index in [0.717, 1.165) is 11.1 Å². The summed E-state index contributed by atoms with van der Waals surface area (Å²) in [5.41, 5.74) is 1.88. The molecule has 0 fully saturated rings. The van der Waals surface area contributed by atoms with Crippen LogP contribution in [0.25, 0.3) is 0 Å². The second-order valence-electron chi connectivity index (χ2n) is 5.39. The predicted octanol–water partition coefficient (Wildman–Crippen LogP) is 1.66. The number of hydrogen-bond donors (Lipinski definition) is 1. The molecule has 1 aromatic carbocycles. The fourth-order valence-corrected chi connectivity index (χ4v) is 4.12. The van der Waals surface area contributed by atoms with Crippen LogP contribution in [0.1, 0.15) is 11.1 Å². The molecule has 0 aliphatic heterocycles. The molecule has 0 aliphatic carbocycles. The van der Waals surface area contributed by atoms with Gasteiger partial charge >= 0.3 is 0 Å². The molecule has 1 N–H and O–H groups in total. The van der Waals surface area contributed by atoms with Gasteiger partial charge in [-0.3, -0.25) is 0 Å². The Balaban J connectivity index is 3.17. The number of rotatable bonds is 7. The molecule has 0 saturated carbocycles. The minimum atomic E-state index is -3.50. The Hall–Kier alpha value is -0.470. The predicted molar refractivity (Wildman–Crippen MR) is 90.0 cm³/mol. The summed E-state index contributed by atoms with van der Waals surface area (Å²) in [6.45, 7) is 3.68. The summed E-state index contributed by atoms with van der Waals surface area (Å²) in [7, 11) is 3.81. The number of aryl methyl sites for hydroxylation is 1. The molecule has 0 heterocycles. The molecule has 0 spiro atoms. The maximum Gasteiger partial charge on any atom is 0.244 e. The second kappa shape index (κ2) is 7.69. The van der Waals surface area contributed by atoms with Crippen molar-refractivity contribution in [3.8, 4) is 0 Å². The first-order valence-electron chi connectivity index (χ1n) is 6.74. The summed E-state index contributed by atoms with van der Waals surface area (Å²) in [4.78, 5) is 2.29. The Morgan fingerprint density at radius 2 is 1.81 bits per heavy atom. The van der Waals surface area contributed by atoms with Crippen LogP contribution in [0.4, 0.5) is 0 Å². The summed E-state index contributed by atoms with van der Waals surface area (Å²) in [5, 5.41) is 3.05. The first kappa shape index (κ1) is 18.6. The van der Waals surface area contributed by atoms with E-state index < -0.39 is 10.0 Å². The Morgan fingerprint density at radius 3 is 2.33 bits per heavy atom.